The number of furan rings is 1. The Bertz CT molecular complexity index is 923. The monoisotopic (exact) mass is 715 g/mol. The van der Waals surface area contributed by atoms with Crippen LogP contribution in [0.15, 0.2) is 28.6 Å². The van der Waals surface area contributed by atoms with Gasteiger partial charge < -0.3 is 4.90 Å². The van der Waals surface area contributed by atoms with Crippen molar-refractivity contribution in [3.63, 3.8) is 0 Å². The van der Waals surface area contributed by atoms with Gasteiger partial charge in [0.2, 0.25) is 0 Å². The number of nitrogens with zero attached hydrogens (tertiary/aromatic N) is 2. The standard InChI is InChI=1S/C13H22N4O3S.C4H6O4.C2H3O3.Bi/c1-14-13(9-17(18)19)15-6-7-21-10-12-5-4-11(20-12)8-16(2)3;5-3(6)1-2-4(7)8;3-1-2(4)5;/h4-5,9,14-15H,6-8,10H2,1-3H3;3-4H,1-2H2;1H2,(H,4,5);/q;-4;-1;+5/p-1/b13-9+;;;. The van der Waals surface area contributed by atoms with Gasteiger partial charge in [0.05, 0.1) is 6.54 Å². The van der Waals surface area contributed by atoms with Crippen molar-refractivity contribution in [1.82, 2.24) is 15.5 Å². The molecule has 14 nitrogen and oxygen atoms in total. The summed E-state index contributed by atoms with van der Waals surface area (Å²) in [5.41, 5.74) is 0. The van der Waals surface area contributed by atoms with Gasteiger partial charge in [0.1, 0.15) is 0 Å². The number of carbonyl (C=O) groups is 1. The van der Waals surface area contributed by atoms with Crippen molar-refractivity contribution in [2.45, 2.75) is 37.7 Å². The maximum absolute atomic E-state index is 12.5. The number of nitrogens with one attached hydrogen (secondary N) is 2. The van der Waals surface area contributed by atoms with E-state index < -0.39 is 46.1 Å². The summed E-state index contributed by atoms with van der Waals surface area (Å²) in [5, 5.41) is 28.8. The summed E-state index contributed by atoms with van der Waals surface area (Å²) in [7, 11) is 5.53. The molecule has 4 rings (SSSR count). The van der Waals surface area contributed by atoms with E-state index in [-0.39, 0.29) is 23.6 Å². The first-order chi connectivity index (χ1) is 16.6. The SMILES string of the molecule is CN/C(=C\[N+](=O)[O][Bi]12([O]CC(=O)[O-])[O]C([O-])CCC([O]1)[O]2)NCCSCc1ccc(CN(C)C)o1. The van der Waals surface area contributed by atoms with E-state index in [0.717, 1.165) is 24.3 Å². The van der Waals surface area contributed by atoms with Gasteiger partial charge in [0, 0.05) is 0 Å². The predicted molar refractivity (Wildman–Crippen MR) is 119 cm³/mol. The van der Waals surface area contributed by atoms with Crippen molar-refractivity contribution in [1.29, 1.82) is 0 Å². The van der Waals surface area contributed by atoms with Gasteiger partial charge >= 0.3 is 186 Å². The summed E-state index contributed by atoms with van der Waals surface area (Å²) < 4.78 is 32.3. The molecule has 0 aromatic carbocycles. The van der Waals surface area contributed by atoms with E-state index in [1.807, 2.05) is 31.1 Å². The van der Waals surface area contributed by atoms with Gasteiger partial charge in [-0.2, -0.15) is 0 Å². The summed E-state index contributed by atoms with van der Waals surface area (Å²) in [5.74, 6) is 1.85. The average molecular weight is 716 g/mol. The van der Waals surface area contributed by atoms with E-state index in [2.05, 4.69) is 10.6 Å². The van der Waals surface area contributed by atoms with Crippen molar-refractivity contribution < 1.29 is 38.5 Å². The van der Waals surface area contributed by atoms with Crippen LogP contribution in [0.4, 0.5) is 0 Å². The van der Waals surface area contributed by atoms with Crippen LogP contribution in [0.25, 0.3) is 0 Å². The molecular formula is C19H30BiN4O10S-. The van der Waals surface area contributed by atoms with E-state index in [1.165, 1.54) is 0 Å². The van der Waals surface area contributed by atoms with Gasteiger partial charge in [-0.3, -0.25) is 0 Å². The molecule has 3 aliphatic heterocycles. The minimum atomic E-state index is -6.31. The Morgan fingerprint density at radius 2 is 2.06 bits per heavy atom. The van der Waals surface area contributed by atoms with Gasteiger partial charge in [0.15, 0.2) is 0 Å². The Morgan fingerprint density at radius 1 is 1.31 bits per heavy atom. The summed E-state index contributed by atoms with van der Waals surface area (Å²) in [6.07, 6.45) is -1.30. The number of carboxylic acid groups (broad SMARTS) is 1. The predicted octanol–water partition coefficient (Wildman–Crippen LogP) is -1.58. The van der Waals surface area contributed by atoms with Crippen LogP contribution in [0.5, 0.6) is 0 Å². The van der Waals surface area contributed by atoms with E-state index >= 15 is 0 Å². The fourth-order valence-electron chi connectivity index (χ4n) is 3.18. The fraction of sp³-hybridized carbons (Fsp3) is 0.632. The van der Waals surface area contributed by atoms with Crippen LogP contribution in [0.1, 0.15) is 24.4 Å². The molecule has 1 atom stereocenters. The molecule has 4 heterocycles. The topological polar surface area (TPSA) is 170 Å². The second kappa shape index (κ2) is 12.1. The number of thioether (sulfide) groups is 1. The number of hydrogen-bond donors (Lipinski definition) is 2. The third kappa shape index (κ3) is 7.98. The first-order valence-corrected chi connectivity index (χ1v) is 19.1. The molecule has 0 saturated carbocycles. The molecule has 2 N–H and O–H groups in total. The Labute approximate surface area is 210 Å². The van der Waals surface area contributed by atoms with Gasteiger partial charge in [-0.15, -0.1) is 0 Å². The molecule has 0 radical (unpaired) electrons. The zero-order valence-electron chi connectivity index (χ0n) is 19.7. The number of fused-ring (bicyclic) bond motifs is 3. The molecule has 35 heavy (non-hydrogen) atoms. The van der Waals surface area contributed by atoms with Crippen LogP contribution >= 0.6 is 11.8 Å². The van der Waals surface area contributed by atoms with Crippen LogP contribution in [0.2, 0.25) is 0 Å². The third-order valence-corrected chi connectivity index (χ3v) is 16.2. The molecule has 2 bridgehead atoms. The van der Waals surface area contributed by atoms with Crippen LogP contribution in [0, 0.1) is 4.91 Å². The second-order valence-corrected chi connectivity index (χ2v) is 18.9. The van der Waals surface area contributed by atoms with Crippen molar-refractivity contribution in [3.05, 3.63) is 40.6 Å². The third-order valence-electron chi connectivity index (χ3n) is 4.61. The molecular weight excluding hydrogens is 685 g/mol. The average Bonchev–Trinajstić information content (AvgIpc) is 3.08. The summed E-state index contributed by atoms with van der Waals surface area (Å²) in [6.45, 7) is 0.213. The van der Waals surface area contributed by atoms with Crippen LogP contribution in [0.3, 0.4) is 0 Å². The summed E-state index contributed by atoms with van der Waals surface area (Å²) in [4.78, 5) is 25.4. The molecule has 1 aromatic rings. The van der Waals surface area contributed by atoms with Crippen molar-refractivity contribution >= 4 is 38.7 Å². The first-order valence-electron chi connectivity index (χ1n) is 10.8. The van der Waals surface area contributed by atoms with E-state index in [1.54, 1.807) is 18.8 Å². The number of hydrogen-bond acceptors (Lipinski definition) is 14. The van der Waals surface area contributed by atoms with Gasteiger partial charge in [-0.05, 0) is 14.1 Å². The zero-order chi connectivity index (χ0) is 25.5. The number of carbonyl (C=O) groups excluding carboxylic acids is 1. The van der Waals surface area contributed by atoms with Crippen molar-refractivity contribution in [3.8, 4) is 0 Å². The van der Waals surface area contributed by atoms with Crippen molar-refractivity contribution in [2.75, 3.05) is 40.0 Å². The molecule has 198 valence electrons. The molecule has 0 spiro atoms. The molecule has 16 heteroatoms. The van der Waals surface area contributed by atoms with Gasteiger partial charge in [0.25, 0.3) is 0 Å². The number of rotatable bonds is 15. The van der Waals surface area contributed by atoms with E-state index in [4.69, 9.17) is 18.6 Å². The molecule has 3 aliphatic rings. The van der Waals surface area contributed by atoms with Crippen LogP contribution in [-0.2, 0) is 31.3 Å². The minimum absolute atomic E-state index is 0.0261. The Morgan fingerprint density at radius 3 is 2.74 bits per heavy atom. The number of carboxylic acids is 1. The second-order valence-electron chi connectivity index (χ2n) is 7.89. The maximum atomic E-state index is 12.5. The fourth-order valence-corrected chi connectivity index (χ4v) is 13.9. The first kappa shape index (κ1) is 28.1. The molecule has 1 unspecified atom stereocenters. The summed E-state index contributed by atoms with van der Waals surface area (Å²) in [6, 6.07) is 3.91. The normalized spacial score (nSPS) is 23.9. The van der Waals surface area contributed by atoms with Crippen LogP contribution < -0.4 is 20.8 Å². The molecule has 3 saturated heterocycles. The molecule has 0 amide bonds. The quantitative estimate of drug-likeness (QED) is 0.121. The Balaban J connectivity index is 1.50. The van der Waals surface area contributed by atoms with E-state index in [0.29, 0.717) is 18.1 Å². The van der Waals surface area contributed by atoms with Gasteiger partial charge in [-0.25, -0.2) is 0 Å². The van der Waals surface area contributed by atoms with Crippen molar-refractivity contribution in [2.24, 2.45) is 0 Å². The summed E-state index contributed by atoms with van der Waals surface area (Å²) >= 11 is -4.66. The van der Waals surface area contributed by atoms with Crippen LogP contribution in [-0.4, -0.2) is 89.4 Å². The number of aliphatic carboxylic acids is 1. The van der Waals surface area contributed by atoms with Gasteiger partial charge in [-0.1, -0.05) is 0 Å². The van der Waals surface area contributed by atoms with E-state index in [9.17, 15) is 19.9 Å². The molecule has 3 fully saturated rings. The Hall–Kier alpha value is -1.52. The zero-order valence-corrected chi connectivity index (χ0v) is 24.0. The molecule has 0 aliphatic carbocycles. The molecule has 1 aromatic heterocycles. The Kier molecular flexibility index (Phi) is 9.74.